The van der Waals surface area contributed by atoms with E-state index in [1.807, 2.05) is 39.0 Å². The highest BCUT2D eigenvalue weighted by Crippen LogP contribution is 2.31. The van der Waals surface area contributed by atoms with Crippen molar-refractivity contribution in [2.45, 2.75) is 39.7 Å². The van der Waals surface area contributed by atoms with Crippen molar-refractivity contribution in [3.05, 3.63) is 63.7 Å². The van der Waals surface area contributed by atoms with Crippen LogP contribution in [0, 0.1) is 10.1 Å². The van der Waals surface area contributed by atoms with Gasteiger partial charge in [0, 0.05) is 6.07 Å². The molecule has 0 saturated heterocycles. The number of nitro benzene ring substituents is 1. The molecule has 0 aliphatic rings. The Hall–Kier alpha value is -3.09. The van der Waals surface area contributed by atoms with Gasteiger partial charge in [-0.15, -0.1) is 0 Å². The van der Waals surface area contributed by atoms with Crippen molar-refractivity contribution in [3.8, 4) is 11.5 Å². The number of ether oxygens (including phenoxy) is 2. The van der Waals surface area contributed by atoms with Gasteiger partial charge < -0.3 is 14.8 Å². The second-order valence-corrected chi connectivity index (χ2v) is 6.37. The van der Waals surface area contributed by atoms with Crippen molar-refractivity contribution >= 4 is 11.6 Å². The van der Waals surface area contributed by atoms with E-state index in [2.05, 4.69) is 5.32 Å². The van der Waals surface area contributed by atoms with Crippen molar-refractivity contribution in [1.29, 1.82) is 0 Å². The summed E-state index contributed by atoms with van der Waals surface area (Å²) in [5.41, 5.74) is 0.633. The number of benzene rings is 2. The molecular weight excluding hydrogens is 360 g/mol. The molecule has 0 aliphatic carbocycles. The summed E-state index contributed by atoms with van der Waals surface area (Å²) in [6.45, 7) is 7.01. The van der Waals surface area contributed by atoms with Crippen molar-refractivity contribution in [1.82, 2.24) is 5.32 Å². The predicted molar refractivity (Wildman–Crippen MR) is 107 cm³/mol. The third-order valence-electron chi connectivity index (χ3n) is 4.08. The Balaban J connectivity index is 2.20. The van der Waals surface area contributed by atoms with Gasteiger partial charge in [0.2, 0.25) is 0 Å². The molecule has 1 atom stereocenters. The monoisotopic (exact) mass is 386 g/mol. The molecule has 1 amide bonds. The highest BCUT2D eigenvalue weighted by atomic mass is 16.6. The Bertz CT molecular complexity index is 822. The van der Waals surface area contributed by atoms with E-state index in [9.17, 15) is 14.9 Å². The quantitative estimate of drug-likeness (QED) is 0.473. The second-order valence-electron chi connectivity index (χ2n) is 6.37. The van der Waals surface area contributed by atoms with Crippen LogP contribution in [0.2, 0.25) is 0 Å². The van der Waals surface area contributed by atoms with Crippen LogP contribution in [0.5, 0.6) is 11.5 Å². The van der Waals surface area contributed by atoms with Crippen molar-refractivity contribution in [2.75, 3.05) is 13.2 Å². The summed E-state index contributed by atoms with van der Waals surface area (Å²) in [4.78, 5) is 23.1. The van der Waals surface area contributed by atoms with Gasteiger partial charge in [-0.05, 0) is 43.5 Å². The Morgan fingerprint density at radius 3 is 2.36 bits per heavy atom. The predicted octanol–water partition coefficient (Wildman–Crippen LogP) is 4.66. The summed E-state index contributed by atoms with van der Waals surface area (Å²) in [5, 5.41) is 14.0. The molecule has 28 heavy (non-hydrogen) atoms. The number of amides is 1. The number of para-hydroxylation sites is 1. The number of nitrogens with one attached hydrogen (secondary N) is 1. The SMILES string of the molecule is CCCOc1ccc(C(C)NC(=O)c2ccccc2[N+](=O)[O-])cc1OCCC. The fraction of sp³-hybridized carbons (Fsp3) is 0.381. The van der Waals surface area contributed by atoms with E-state index in [1.54, 1.807) is 6.07 Å². The first kappa shape index (κ1) is 21.2. The lowest BCUT2D eigenvalue weighted by Gasteiger charge is -2.18. The summed E-state index contributed by atoms with van der Waals surface area (Å²) < 4.78 is 11.5. The summed E-state index contributed by atoms with van der Waals surface area (Å²) in [7, 11) is 0. The number of carbonyl (C=O) groups excluding carboxylic acids is 1. The van der Waals surface area contributed by atoms with E-state index >= 15 is 0 Å². The van der Waals surface area contributed by atoms with Gasteiger partial charge >= 0.3 is 0 Å². The molecule has 0 saturated carbocycles. The Morgan fingerprint density at radius 2 is 1.71 bits per heavy atom. The minimum absolute atomic E-state index is 0.0321. The Kier molecular flexibility index (Phi) is 7.80. The van der Waals surface area contributed by atoms with Crippen molar-refractivity contribution in [3.63, 3.8) is 0 Å². The Labute approximate surface area is 164 Å². The van der Waals surface area contributed by atoms with Crippen LogP contribution in [-0.2, 0) is 0 Å². The molecule has 0 heterocycles. The smallest absolute Gasteiger partial charge is 0.282 e. The number of rotatable bonds is 10. The molecule has 0 aromatic heterocycles. The number of hydrogen-bond donors (Lipinski definition) is 1. The van der Waals surface area contributed by atoms with Gasteiger partial charge in [0.05, 0.1) is 24.2 Å². The molecule has 0 fully saturated rings. The molecule has 7 heteroatoms. The maximum Gasteiger partial charge on any atom is 0.282 e. The van der Waals surface area contributed by atoms with Gasteiger partial charge in [-0.25, -0.2) is 0 Å². The zero-order valence-electron chi connectivity index (χ0n) is 16.4. The highest BCUT2D eigenvalue weighted by molar-refractivity contribution is 5.98. The third-order valence-corrected chi connectivity index (χ3v) is 4.08. The topological polar surface area (TPSA) is 90.7 Å². The molecule has 7 nitrogen and oxygen atoms in total. The lowest BCUT2D eigenvalue weighted by Crippen LogP contribution is -2.27. The number of hydrogen-bond acceptors (Lipinski definition) is 5. The zero-order chi connectivity index (χ0) is 20.5. The average Bonchev–Trinajstić information content (AvgIpc) is 2.70. The minimum Gasteiger partial charge on any atom is -0.490 e. The second kappa shape index (κ2) is 10.3. The van der Waals surface area contributed by atoms with Crippen LogP contribution in [0.15, 0.2) is 42.5 Å². The average molecular weight is 386 g/mol. The first-order valence-corrected chi connectivity index (χ1v) is 9.41. The molecule has 0 radical (unpaired) electrons. The van der Waals surface area contributed by atoms with Gasteiger partial charge in [0.25, 0.3) is 11.6 Å². The number of nitrogens with zero attached hydrogens (tertiary/aromatic N) is 1. The fourth-order valence-corrected chi connectivity index (χ4v) is 2.63. The van der Waals surface area contributed by atoms with Crippen LogP contribution in [-0.4, -0.2) is 24.0 Å². The maximum absolute atomic E-state index is 12.5. The van der Waals surface area contributed by atoms with Crippen LogP contribution in [0.25, 0.3) is 0 Å². The highest BCUT2D eigenvalue weighted by Gasteiger charge is 2.21. The van der Waals surface area contributed by atoms with Crippen LogP contribution in [0.3, 0.4) is 0 Å². The Morgan fingerprint density at radius 1 is 1.07 bits per heavy atom. The molecule has 1 unspecified atom stereocenters. The minimum atomic E-state index is -0.559. The summed E-state index contributed by atoms with van der Waals surface area (Å²) in [5.74, 6) is 0.790. The lowest BCUT2D eigenvalue weighted by molar-refractivity contribution is -0.385. The van der Waals surface area contributed by atoms with Crippen LogP contribution in [0.1, 0.15) is 55.6 Å². The molecule has 0 bridgehead atoms. The molecular formula is C21H26N2O5. The van der Waals surface area contributed by atoms with Crippen LogP contribution >= 0.6 is 0 Å². The molecule has 0 aliphatic heterocycles. The van der Waals surface area contributed by atoms with E-state index in [0.29, 0.717) is 24.7 Å². The lowest BCUT2D eigenvalue weighted by atomic mass is 10.1. The summed E-state index contributed by atoms with van der Waals surface area (Å²) in [6, 6.07) is 11.0. The van der Waals surface area contributed by atoms with E-state index in [4.69, 9.17) is 9.47 Å². The van der Waals surface area contributed by atoms with Crippen molar-refractivity contribution in [2.24, 2.45) is 0 Å². The van der Waals surface area contributed by atoms with Gasteiger partial charge in [-0.2, -0.15) is 0 Å². The maximum atomic E-state index is 12.5. The molecule has 1 N–H and O–H groups in total. The van der Waals surface area contributed by atoms with E-state index in [0.717, 1.165) is 18.4 Å². The number of carbonyl (C=O) groups is 1. The summed E-state index contributed by atoms with van der Waals surface area (Å²) in [6.07, 6.45) is 1.75. The van der Waals surface area contributed by atoms with Crippen LogP contribution < -0.4 is 14.8 Å². The summed E-state index contributed by atoms with van der Waals surface area (Å²) >= 11 is 0. The molecule has 2 rings (SSSR count). The molecule has 150 valence electrons. The van der Waals surface area contributed by atoms with Crippen LogP contribution in [0.4, 0.5) is 5.69 Å². The van der Waals surface area contributed by atoms with Gasteiger partial charge in [0.15, 0.2) is 11.5 Å². The van der Waals surface area contributed by atoms with E-state index in [-0.39, 0.29) is 17.3 Å². The van der Waals surface area contributed by atoms with E-state index < -0.39 is 10.8 Å². The van der Waals surface area contributed by atoms with Crippen molar-refractivity contribution < 1.29 is 19.2 Å². The first-order chi connectivity index (χ1) is 13.5. The molecule has 2 aromatic carbocycles. The molecule has 2 aromatic rings. The normalized spacial score (nSPS) is 11.5. The van der Waals surface area contributed by atoms with E-state index in [1.165, 1.54) is 18.2 Å². The van der Waals surface area contributed by atoms with Gasteiger partial charge in [-0.3, -0.25) is 14.9 Å². The molecule has 0 spiro atoms. The third kappa shape index (κ3) is 5.45. The number of nitro groups is 1. The van der Waals surface area contributed by atoms with Gasteiger partial charge in [0.1, 0.15) is 5.56 Å². The van der Waals surface area contributed by atoms with Gasteiger partial charge in [-0.1, -0.05) is 32.0 Å². The fourth-order valence-electron chi connectivity index (χ4n) is 2.63. The zero-order valence-corrected chi connectivity index (χ0v) is 16.4. The standard InChI is InChI=1S/C21H26N2O5/c1-4-12-27-19-11-10-16(14-20(19)28-13-5-2)15(3)22-21(24)17-8-6-7-9-18(17)23(25)26/h6-11,14-15H,4-5,12-13H2,1-3H3,(H,22,24). The largest absolute Gasteiger partial charge is 0.490 e. The first-order valence-electron chi connectivity index (χ1n) is 9.41.